The van der Waals surface area contributed by atoms with Crippen LogP contribution in [0, 0.1) is 13.8 Å². The molecule has 0 heterocycles. The van der Waals surface area contributed by atoms with Crippen molar-refractivity contribution < 1.29 is 5.11 Å². The summed E-state index contributed by atoms with van der Waals surface area (Å²) in [5.41, 5.74) is 4.63. The molecule has 17 heavy (non-hydrogen) atoms. The van der Waals surface area contributed by atoms with Crippen LogP contribution in [0.25, 0.3) is 0 Å². The van der Waals surface area contributed by atoms with Gasteiger partial charge in [-0.25, -0.2) is 0 Å². The summed E-state index contributed by atoms with van der Waals surface area (Å²) in [4.78, 5) is 0. The van der Waals surface area contributed by atoms with Gasteiger partial charge in [0.2, 0.25) is 0 Å². The van der Waals surface area contributed by atoms with Crippen LogP contribution in [0.5, 0.6) is 0 Å². The van der Waals surface area contributed by atoms with Crippen LogP contribution < -0.4 is 0 Å². The van der Waals surface area contributed by atoms with Crippen molar-refractivity contribution in [1.29, 1.82) is 0 Å². The van der Waals surface area contributed by atoms with Gasteiger partial charge in [0.15, 0.2) is 0 Å². The van der Waals surface area contributed by atoms with Crippen LogP contribution in [0.3, 0.4) is 0 Å². The van der Waals surface area contributed by atoms with E-state index in [0.29, 0.717) is 6.42 Å². The zero-order valence-corrected chi connectivity index (χ0v) is 10.4. The van der Waals surface area contributed by atoms with E-state index >= 15 is 0 Å². The summed E-state index contributed by atoms with van der Waals surface area (Å²) in [6.45, 7) is 4.13. The number of aliphatic hydroxyl groups excluding tert-OH is 1. The molecule has 0 bridgehead atoms. The van der Waals surface area contributed by atoms with Crippen LogP contribution in [-0.4, -0.2) is 5.11 Å². The van der Waals surface area contributed by atoms with E-state index in [0.717, 1.165) is 5.56 Å². The highest BCUT2D eigenvalue weighted by Gasteiger charge is 2.09. The monoisotopic (exact) mass is 226 g/mol. The van der Waals surface area contributed by atoms with Gasteiger partial charge in [0.25, 0.3) is 0 Å². The summed E-state index contributed by atoms with van der Waals surface area (Å²) in [6.07, 6.45) is 0.256. The van der Waals surface area contributed by atoms with E-state index in [9.17, 15) is 5.11 Å². The molecule has 0 spiro atoms. The maximum absolute atomic E-state index is 10.2. The molecule has 0 amide bonds. The van der Waals surface area contributed by atoms with Crippen LogP contribution in [0.2, 0.25) is 0 Å². The summed E-state index contributed by atoms with van der Waals surface area (Å²) in [5.74, 6) is 0. The Morgan fingerprint density at radius 1 is 1.00 bits per heavy atom. The van der Waals surface area contributed by atoms with Crippen LogP contribution in [0.15, 0.2) is 48.5 Å². The third-order valence-corrected chi connectivity index (χ3v) is 3.10. The Kier molecular flexibility index (Phi) is 3.60. The van der Waals surface area contributed by atoms with Crippen LogP contribution in [0.4, 0.5) is 0 Å². The van der Waals surface area contributed by atoms with Gasteiger partial charge in [-0.3, -0.25) is 0 Å². The predicted octanol–water partition coefficient (Wildman–Crippen LogP) is 3.58. The Bertz CT molecular complexity index is 502. The van der Waals surface area contributed by atoms with E-state index in [-0.39, 0.29) is 0 Å². The van der Waals surface area contributed by atoms with Gasteiger partial charge in [-0.05, 0) is 30.5 Å². The minimum absolute atomic E-state index is 0.420. The van der Waals surface area contributed by atoms with Gasteiger partial charge in [0.1, 0.15) is 0 Å². The van der Waals surface area contributed by atoms with Crippen molar-refractivity contribution in [2.45, 2.75) is 26.4 Å². The van der Waals surface area contributed by atoms with Gasteiger partial charge in [-0.15, -0.1) is 0 Å². The molecule has 0 aliphatic carbocycles. The lowest BCUT2D eigenvalue weighted by molar-refractivity contribution is 0.178. The van der Waals surface area contributed by atoms with Gasteiger partial charge in [-0.1, -0.05) is 54.1 Å². The molecule has 1 atom stereocenters. The molecule has 0 fully saturated rings. The number of rotatable bonds is 3. The van der Waals surface area contributed by atoms with Crippen LogP contribution in [0.1, 0.15) is 28.4 Å². The first kappa shape index (κ1) is 11.9. The second kappa shape index (κ2) is 5.15. The number of hydrogen-bond donors (Lipinski definition) is 1. The van der Waals surface area contributed by atoms with E-state index < -0.39 is 6.10 Å². The van der Waals surface area contributed by atoms with Crippen molar-refractivity contribution in [3.05, 3.63) is 70.8 Å². The molecule has 1 heteroatoms. The van der Waals surface area contributed by atoms with Crippen molar-refractivity contribution in [3.8, 4) is 0 Å². The Hall–Kier alpha value is -1.60. The third kappa shape index (κ3) is 2.95. The van der Waals surface area contributed by atoms with Crippen molar-refractivity contribution in [1.82, 2.24) is 0 Å². The van der Waals surface area contributed by atoms with E-state index in [1.165, 1.54) is 16.7 Å². The van der Waals surface area contributed by atoms with Gasteiger partial charge in [0, 0.05) is 6.42 Å². The Balaban J connectivity index is 2.17. The molecule has 1 nitrogen and oxygen atoms in total. The second-order valence-electron chi connectivity index (χ2n) is 4.56. The summed E-state index contributed by atoms with van der Waals surface area (Å²) >= 11 is 0. The molecule has 0 saturated heterocycles. The van der Waals surface area contributed by atoms with E-state index in [1.807, 2.05) is 43.3 Å². The summed E-state index contributed by atoms with van der Waals surface area (Å²) < 4.78 is 0. The highest BCUT2D eigenvalue weighted by Crippen LogP contribution is 2.20. The van der Waals surface area contributed by atoms with Crippen molar-refractivity contribution in [2.75, 3.05) is 0 Å². The average Bonchev–Trinajstić information content (AvgIpc) is 2.32. The van der Waals surface area contributed by atoms with Crippen LogP contribution >= 0.6 is 0 Å². The first-order chi connectivity index (χ1) is 8.16. The molecule has 0 saturated carbocycles. The zero-order chi connectivity index (χ0) is 12.3. The largest absolute Gasteiger partial charge is 0.388 e. The van der Waals surface area contributed by atoms with E-state index in [4.69, 9.17) is 0 Å². The highest BCUT2D eigenvalue weighted by atomic mass is 16.3. The second-order valence-corrected chi connectivity index (χ2v) is 4.56. The Morgan fingerprint density at radius 3 is 2.47 bits per heavy atom. The lowest BCUT2D eigenvalue weighted by Crippen LogP contribution is -2.03. The maximum Gasteiger partial charge on any atom is 0.0830 e. The van der Waals surface area contributed by atoms with Gasteiger partial charge in [0.05, 0.1) is 6.10 Å². The van der Waals surface area contributed by atoms with Gasteiger partial charge >= 0.3 is 0 Å². The molecule has 0 radical (unpaired) electrons. The quantitative estimate of drug-likeness (QED) is 0.848. The Labute approximate surface area is 103 Å². The van der Waals surface area contributed by atoms with Crippen molar-refractivity contribution in [2.24, 2.45) is 0 Å². The fraction of sp³-hybridized carbons (Fsp3) is 0.250. The molecule has 1 unspecified atom stereocenters. The number of benzene rings is 2. The Morgan fingerprint density at radius 2 is 1.76 bits per heavy atom. The molecule has 2 rings (SSSR count). The molecule has 0 aliphatic heterocycles. The lowest BCUT2D eigenvalue weighted by atomic mass is 9.97. The number of aliphatic hydroxyl groups is 1. The fourth-order valence-electron chi connectivity index (χ4n) is 2.04. The molecule has 88 valence electrons. The third-order valence-electron chi connectivity index (χ3n) is 3.10. The molecular formula is C16H18O. The molecular weight excluding hydrogens is 208 g/mol. The number of aryl methyl sites for hydroxylation is 2. The van der Waals surface area contributed by atoms with E-state index in [2.05, 4.69) is 19.1 Å². The molecule has 2 aromatic carbocycles. The summed E-state index contributed by atoms with van der Waals surface area (Å²) in [7, 11) is 0. The first-order valence-electron chi connectivity index (χ1n) is 5.96. The standard InChI is InChI=1S/C16H18O/c1-12-6-5-9-15(10-12)16(17)11-14-8-4-3-7-13(14)2/h3-10,16-17H,11H2,1-2H3. The minimum Gasteiger partial charge on any atom is -0.388 e. The zero-order valence-electron chi connectivity index (χ0n) is 10.4. The average molecular weight is 226 g/mol. The van der Waals surface area contributed by atoms with Crippen molar-refractivity contribution in [3.63, 3.8) is 0 Å². The van der Waals surface area contributed by atoms with Gasteiger partial charge < -0.3 is 5.11 Å². The fourth-order valence-corrected chi connectivity index (χ4v) is 2.04. The van der Waals surface area contributed by atoms with Gasteiger partial charge in [-0.2, -0.15) is 0 Å². The molecule has 0 aromatic heterocycles. The maximum atomic E-state index is 10.2. The smallest absolute Gasteiger partial charge is 0.0830 e. The topological polar surface area (TPSA) is 20.2 Å². The molecule has 1 N–H and O–H groups in total. The predicted molar refractivity (Wildman–Crippen MR) is 71.0 cm³/mol. The highest BCUT2D eigenvalue weighted by molar-refractivity contribution is 5.29. The summed E-state index contributed by atoms with van der Waals surface area (Å²) in [6, 6.07) is 16.3. The van der Waals surface area contributed by atoms with Crippen molar-refractivity contribution >= 4 is 0 Å². The normalized spacial score (nSPS) is 12.4. The SMILES string of the molecule is Cc1cccc(C(O)Cc2ccccc2C)c1. The molecule has 2 aromatic rings. The lowest BCUT2D eigenvalue weighted by Gasteiger charge is -2.13. The number of hydrogen-bond acceptors (Lipinski definition) is 1. The molecule has 0 aliphatic rings. The van der Waals surface area contributed by atoms with Crippen LogP contribution in [-0.2, 0) is 6.42 Å². The minimum atomic E-state index is -0.420. The summed E-state index contributed by atoms with van der Waals surface area (Å²) in [5, 5.41) is 10.2. The van der Waals surface area contributed by atoms with E-state index in [1.54, 1.807) is 0 Å². The first-order valence-corrected chi connectivity index (χ1v) is 5.96.